The number of thiocarbonyl (C=S) groups is 1. The lowest BCUT2D eigenvalue weighted by molar-refractivity contribution is 0.978. The van der Waals surface area contributed by atoms with Crippen LogP contribution >= 0.6 is 12.2 Å². The van der Waals surface area contributed by atoms with Crippen molar-refractivity contribution < 1.29 is 0 Å². The Morgan fingerprint density at radius 3 is 2.54 bits per heavy atom. The molecule has 0 heterocycles. The van der Waals surface area contributed by atoms with Crippen molar-refractivity contribution in [1.29, 1.82) is 0 Å². The maximum absolute atomic E-state index is 4.79. The van der Waals surface area contributed by atoms with Gasteiger partial charge in [0.15, 0.2) is 0 Å². The molecule has 0 saturated carbocycles. The summed E-state index contributed by atoms with van der Waals surface area (Å²) < 4.78 is 0. The van der Waals surface area contributed by atoms with Gasteiger partial charge in [-0.2, -0.15) is 0 Å². The predicted octanol–water partition coefficient (Wildman–Crippen LogP) is 4.24. The van der Waals surface area contributed by atoms with E-state index in [4.69, 9.17) is 12.2 Å². The van der Waals surface area contributed by atoms with Gasteiger partial charge >= 0.3 is 0 Å². The van der Waals surface area contributed by atoms with E-state index in [1.165, 1.54) is 5.57 Å². The predicted molar refractivity (Wildman–Crippen MR) is 65.2 cm³/mol. The van der Waals surface area contributed by atoms with Crippen molar-refractivity contribution in [2.24, 2.45) is 0 Å². The van der Waals surface area contributed by atoms with Crippen LogP contribution < -0.4 is 0 Å². The minimum absolute atomic E-state index is 1.01. The van der Waals surface area contributed by atoms with Crippen LogP contribution in [0.15, 0.2) is 36.0 Å². The van der Waals surface area contributed by atoms with E-state index in [-0.39, 0.29) is 0 Å². The van der Waals surface area contributed by atoms with Gasteiger partial charge in [0.25, 0.3) is 0 Å². The van der Waals surface area contributed by atoms with Gasteiger partial charge in [0.1, 0.15) is 0 Å². The normalized spacial score (nSPS) is 12.9. The summed E-state index contributed by atoms with van der Waals surface area (Å²) in [6.45, 7) is 4.11. The third-order valence-corrected chi connectivity index (χ3v) is 2.05. The van der Waals surface area contributed by atoms with Gasteiger partial charge < -0.3 is 0 Å². The molecule has 0 aromatic rings. The van der Waals surface area contributed by atoms with Gasteiger partial charge in [-0.05, 0) is 38.5 Å². The highest BCUT2D eigenvalue weighted by Crippen LogP contribution is 2.09. The summed E-state index contributed by atoms with van der Waals surface area (Å²) in [7, 11) is 0. The van der Waals surface area contributed by atoms with Crippen LogP contribution in [0.25, 0.3) is 0 Å². The first kappa shape index (κ1) is 12.3. The third kappa shape index (κ3) is 7.66. The minimum Gasteiger partial charge on any atom is -0.0935 e. The lowest BCUT2D eigenvalue weighted by Gasteiger charge is -1.99. The van der Waals surface area contributed by atoms with Crippen LogP contribution in [0.3, 0.4) is 0 Å². The van der Waals surface area contributed by atoms with Crippen LogP contribution in [0.2, 0.25) is 0 Å². The second kappa shape index (κ2) is 9.40. The van der Waals surface area contributed by atoms with Gasteiger partial charge in [0.05, 0.1) is 0 Å². The van der Waals surface area contributed by atoms with Crippen molar-refractivity contribution in [2.75, 3.05) is 0 Å². The van der Waals surface area contributed by atoms with Crippen LogP contribution in [0, 0.1) is 0 Å². The van der Waals surface area contributed by atoms with E-state index in [0.717, 1.165) is 19.3 Å². The molecular weight excluding hydrogens is 176 g/mol. The summed E-state index contributed by atoms with van der Waals surface area (Å²) in [5, 5.41) is 1.80. The Balaban J connectivity index is 3.79. The zero-order chi connectivity index (χ0) is 9.94. The van der Waals surface area contributed by atoms with E-state index in [1.54, 1.807) is 5.37 Å². The van der Waals surface area contributed by atoms with Crippen molar-refractivity contribution in [3.05, 3.63) is 36.0 Å². The second-order valence-corrected chi connectivity index (χ2v) is 3.14. The molecule has 0 unspecified atom stereocenters. The van der Waals surface area contributed by atoms with Crippen molar-refractivity contribution >= 4 is 17.6 Å². The molecule has 0 saturated heterocycles. The average molecular weight is 194 g/mol. The van der Waals surface area contributed by atoms with E-state index in [2.05, 4.69) is 25.2 Å². The van der Waals surface area contributed by atoms with Gasteiger partial charge in [0.2, 0.25) is 0 Å². The summed E-state index contributed by atoms with van der Waals surface area (Å²) in [6.07, 6.45) is 13.7. The van der Waals surface area contributed by atoms with Crippen LogP contribution in [-0.4, -0.2) is 5.37 Å². The maximum Gasteiger partial charge on any atom is -0.0136 e. The second-order valence-electron chi connectivity index (χ2n) is 2.81. The standard InChI is InChI=1S/C12H18S/c1-3-5-6-7-9-12(4-2)10-8-11-13/h3-7,11H,8-10H2,1-2H3/b5-3-,7-6?,12-4+. The molecule has 0 atom stereocenters. The number of allylic oxidation sites excluding steroid dienone is 6. The fourth-order valence-corrected chi connectivity index (χ4v) is 1.14. The largest absolute Gasteiger partial charge is 0.0935 e. The molecule has 0 aliphatic rings. The smallest absolute Gasteiger partial charge is 0.0136 e. The van der Waals surface area contributed by atoms with Crippen LogP contribution in [0.4, 0.5) is 0 Å². The number of hydrogen-bond acceptors (Lipinski definition) is 1. The Hall–Kier alpha value is -0.690. The SMILES string of the molecule is C/C=C\C=CC/C(=C\C)CCC=S. The summed E-state index contributed by atoms with van der Waals surface area (Å²) >= 11 is 4.79. The Kier molecular flexibility index (Phi) is 8.90. The lowest BCUT2D eigenvalue weighted by atomic mass is 10.1. The fourth-order valence-electron chi connectivity index (χ4n) is 1.02. The van der Waals surface area contributed by atoms with E-state index in [9.17, 15) is 0 Å². The van der Waals surface area contributed by atoms with Gasteiger partial charge in [0, 0.05) is 0 Å². The minimum atomic E-state index is 1.01. The molecule has 1 heteroatoms. The molecule has 0 amide bonds. The Bertz CT molecular complexity index is 209. The Morgan fingerprint density at radius 1 is 1.23 bits per heavy atom. The summed E-state index contributed by atoms with van der Waals surface area (Å²) in [5.74, 6) is 0. The molecule has 0 aromatic heterocycles. The van der Waals surface area contributed by atoms with Crippen molar-refractivity contribution in [3.8, 4) is 0 Å². The first-order chi connectivity index (χ1) is 6.35. The average Bonchev–Trinajstić information content (AvgIpc) is 2.17. The van der Waals surface area contributed by atoms with E-state index in [1.807, 2.05) is 19.1 Å². The van der Waals surface area contributed by atoms with Crippen molar-refractivity contribution in [2.45, 2.75) is 33.1 Å². The molecule has 0 fully saturated rings. The zero-order valence-corrected chi connectivity index (χ0v) is 9.31. The molecule has 0 bridgehead atoms. The molecule has 0 aliphatic carbocycles. The molecule has 0 N–H and O–H groups in total. The summed E-state index contributed by atoms with van der Waals surface area (Å²) in [4.78, 5) is 0. The van der Waals surface area contributed by atoms with Crippen LogP contribution in [0.1, 0.15) is 33.1 Å². The van der Waals surface area contributed by atoms with E-state index >= 15 is 0 Å². The fraction of sp³-hybridized carbons (Fsp3) is 0.417. The molecule has 13 heavy (non-hydrogen) atoms. The highest BCUT2D eigenvalue weighted by atomic mass is 32.1. The topological polar surface area (TPSA) is 0 Å². The lowest BCUT2D eigenvalue weighted by Crippen LogP contribution is -1.82. The summed E-state index contributed by atoms with van der Waals surface area (Å²) in [5.41, 5.74) is 1.46. The molecule has 0 rings (SSSR count). The van der Waals surface area contributed by atoms with E-state index in [0.29, 0.717) is 0 Å². The highest BCUT2D eigenvalue weighted by Gasteiger charge is 1.90. The summed E-state index contributed by atoms with van der Waals surface area (Å²) in [6, 6.07) is 0. The number of hydrogen-bond donors (Lipinski definition) is 0. The van der Waals surface area contributed by atoms with Crippen molar-refractivity contribution in [3.63, 3.8) is 0 Å². The van der Waals surface area contributed by atoms with Gasteiger partial charge in [-0.1, -0.05) is 48.2 Å². The monoisotopic (exact) mass is 194 g/mol. The van der Waals surface area contributed by atoms with Crippen molar-refractivity contribution in [1.82, 2.24) is 0 Å². The molecule has 0 spiro atoms. The molecule has 72 valence electrons. The first-order valence-electron chi connectivity index (χ1n) is 4.70. The molecule has 0 nitrogen and oxygen atoms in total. The van der Waals surface area contributed by atoms with Gasteiger partial charge in [-0.3, -0.25) is 0 Å². The molecule has 0 aromatic carbocycles. The first-order valence-corrected chi connectivity index (χ1v) is 5.17. The quantitative estimate of drug-likeness (QED) is 0.346. The molecule has 0 radical (unpaired) electrons. The Labute approximate surface area is 87.0 Å². The Morgan fingerprint density at radius 2 is 2.00 bits per heavy atom. The zero-order valence-electron chi connectivity index (χ0n) is 8.49. The van der Waals surface area contributed by atoms with E-state index < -0.39 is 0 Å². The number of rotatable bonds is 6. The third-order valence-electron chi connectivity index (χ3n) is 1.81. The maximum atomic E-state index is 4.79. The highest BCUT2D eigenvalue weighted by molar-refractivity contribution is 7.78. The molecule has 0 aliphatic heterocycles. The van der Waals surface area contributed by atoms with Crippen LogP contribution in [0.5, 0.6) is 0 Å². The van der Waals surface area contributed by atoms with Gasteiger partial charge in [-0.15, -0.1) is 0 Å². The molecular formula is C12H18S. The van der Waals surface area contributed by atoms with Crippen LogP contribution in [-0.2, 0) is 0 Å². The van der Waals surface area contributed by atoms with Gasteiger partial charge in [-0.25, -0.2) is 0 Å².